The van der Waals surface area contributed by atoms with Crippen LogP contribution in [0.15, 0.2) is 53.6 Å². The largest absolute Gasteiger partial charge is 0.495 e. The first-order valence-electron chi connectivity index (χ1n) is 8.84. The van der Waals surface area contributed by atoms with Crippen LogP contribution in [-0.4, -0.2) is 43.0 Å². The van der Waals surface area contributed by atoms with E-state index < -0.39 is 10.0 Å². The normalized spacial score (nSPS) is 25.8. The quantitative estimate of drug-likeness (QED) is 0.805. The molecule has 0 amide bonds. The molecule has 1 aromatic carbocycles. The van der Waals surface area contributed by atoms with Crippen molar-refractivity contribution in [2.75, 3.05) is 7.11 Å². The molecule has 2 fully saturated rings. The van der Waals surface area contributed by atoms with Gasteiger partial charge in [0.15, 0.2) is 0 Å². The van der Waals surface area contributed by atoms with Crippen LogP contribution in [0.5, 0.6) is 11.6 Å². The number of pyridine rings is 1. The number of rotatable bonds is 5. The number of sulfonamides is 1. The third-order valence-corrected chi connectivity index (χ3v) is 7.22. The second-order valence-electron chi connectivity index (χ2n) is 6.75. The molecule has 2 atom stereocenters. The van der Waals surface area contributed by atoms with Gasteiger partial charge < -0.3 is 9.47 Å². The van der Waals surface area contributed by atoms with Crippen LogP contribution in [-0.2, 0) is 10.0 Å². The number of hydrogen-bond acceptors (Lipinski definition) is 5. The minimum atomic E-state index is -3.60. The number of fused-ring (bicyclic) bond motifs is 2. The van der Waals surface area contributed by atoms with Crippen molar-refractivity contribution in [2.24, 2.45) is 0 Å². The molecule has 3 heterocycles. The van der Waals surface area contributed by atoms with E-state index in [1.165, 1.54) is 7.11 Å². The van der Waals surface area contributed by atoms with E-state index >= 15 is 0 Å². The fourth-order valence-electron chi connectivity index (χ4n) is 4.11. The van der Waals surface area contributed by atoms with Crippen molar-refractivity contribution in [2.45, 2.75) is 48.8 Å². The number of ether oxygens (including phenoxy) is 2. The lowest BCUT2D eigenvalue weighted by molar-refractivity contribution is 0.0917. The second kappa shape index (κ2) is 6.89. The smallest absolute Gasteiger partial charge is 0.247 e. The SMILES string of the molecule is COc1ccccc1S(=O)(=O)N1C2CCC1CC(Oc1ccccn1)C2. The van der Waals surface area contributed by atoms with E-state index in [-0.39, 0.29) is 23.1 Å². The van der Waals surface area contributed by atoms with Gasteiger partial charge in [-0.25, -0.2) is 13.4 Å². The van der Waals surface area contributed by atoms with E-state index in [0.717, 1.165) is 12.8 Å². The molecule has 2 bridgehead atoms. The molecule has 0 N–H and O–H groups in total. The summed E-state index contributed by atoms with van der Waals surface area (Å²) in [6.07, 6.45) is 4.78. The van der Waals surface area contributed by atoms with Gasteiger partial charge in [0, 0.05) is 37.2 Å². The Morgan fingerprint density at radius 2 is 1.73 bits per heavy atom. The van der Waals surface area contributed by atoms with E-state index in [0.29, 0.717) is 24.5 Å². The number of para-hydroxylation sites is 1. The van der Waals surface area contributed by atoms with Crippen molar-refractivity contribution in [1.29, 1.82) is 0 Å². The van der Waals surface area contributed by atoms with Crippen LogP contribution in [0.2, 0.25) is 0 Å². The maximum Gasteiger partial charge on any atom is 0.247 e. The molecule has 2 unspecified atom stereocenters. The lowest BCUT2D eigenvalue weighted by atomic mass is 10.0. The Kier molecular flexibility index (Phi) is 4.58. The Labute approximate surface area is 153 Å². The first-order chi connectivity index (χ1) is 12.6. The average Bonchev–Trinajstić information content (AvgIpc) is 2.95. The third-order valence-electron chi connectivity index (χ3n) is 5.17. The van der Waals surface area contributed by atoms with Gasteiger partial charge in [0.2, 0.25) is 15.9 Å². The molecule has 2 saturated heterocycles. The Bertz CT molecular complexity index is 858. The molecule has 138 valence electrons. The maximum atomic E-state index is 13.3. The first kappa shape index (κ1) is 17.3. The Morgan fingerprint density at radius 3 is 2.38 bits per heavy atom. The highest BCUT2D eigenvalue weighted by atomic mass is 32.2. The van der Waals surface area contributed by atoms with Crippen LogP contribution in [0, 0.1) is 0 Å². The van der Waals surface area contributed by atoms with E-state index in [2.05, 4.69) is 4.98 Å². The Hall–Kier alpha value is -2.12. The van der Waals surface area contributed by atoms with Gasteiger partial charge in [0.1, 0.15) is 16.7 Å². The standard InChI is InChI=1S/C19H22N2O4S/c1-24-17-6-2-3-7-18(17)26(22,23)21-14-9-10-15(21)13-16(12-14)25-19-8-4-5-11-20-19/h2-8,11,14-16H,9-10,12-13H2,1H3. The minimum Gasteiger partial charge on any atom is -0.495 e. The van der Waals surface area contributed by atoms with Crippen molar-refractivity contribution in [3.8, 4) is 11.6 Å². The van der Waals surface area contributed by atoms with Crippen LogP contribution in [0.4, 0.5) is 0 Å². The van der Waals surface area contributed by atoms with Gasteiger partial charge in [-0.15, -0.1) is 0 Å². The molecule has 0 aliphatic carbocycles. The summed E-state index contributed by atoms with van der Waals surface area (Å²) >= 11 is 0. The molecular formula is C19H22N2O4S. The fraction of sp³-hybridized carbons (Fsp3) is 0.421. The summed E-state index contributed by atoms with van der Waals surface area (Å²) in [7, 11) is -2.10. The zero-order valence-electron chi connectivity index (χ0n) is 14.6. The van der Waals surface area contributed by atoms with Crippen molar-refractivity contribution in [1.82, 2.24) is 9.29 Å². The molecular weight excluding hydrogens is 352 g/mol. The van der Waals surface area contributed by atoms with E-state index in [1.54, 1.807) is 34.8 Å². The molecule has 26 heavy (non-hydrogen) atoms. The van der Waals surface area contributed by atoms with Crippen molar-refractivity contribution in [3.05, 3.63) is 48.7 Å². The van der Waals surface area contributed by atoms with Gasteiger partial charge in [0.25, 0.3) is 0 Å². The summed E-state index contributed by atoms with van der Waals surface area (Å²) in [6, 6.07) is 12.3. The number of benzene rings is 1. The zero-order valence-corrected chi connectivity index (χ0v) is 15.4. The molecule has 6 nitrogen and oxygen atoms in total. The van der Waals surface area contributed by atoms with Gasteiger partial charge in [-0.2, -0.15) is 4.31 Å². The second-order valence-corrected chi connectivity index (χ2v) is 8.56. The van der Waals surface area contributed by atoms with Crippen LogP contribution in [0.1, 0.15) is 25.7 Å². The molecule has 0 radical (unpaired) electrons. The number of aromatic nitrogens is 1. The summed E-state index contributed by atoms with van der Waals surface area (Å²) in [6.45, 7) is 0. The number of piperidine rings is 1. The number of nitrogens with zero attached hydrogens (tertiary/aromatic N) is 2. The number of methoxy groups -OCH3 is 1. The first-order valence-corrected chi connectivity index (χ1v) is 10.3. The highest BCUT2D eigenvalue weighted by molar-refractivity contribution is 7.89. The fourth-order valence-corrected chi connectivity index (χ4v) is 6.16. The Morgan fingerprint density at radius 1 is 1.04 bits per heavy atom. The van der Waals surface area contributed by atoms with Crippen molar-refractivity contribution >= 4 is 10.0 Å². The van der Waals surface area contributed by atoms with Gasteiger partial charge in [-0.3, -0.25) is 0 Å². The zero-order chi connectivity index (χ0) is 18.1. The molecule has 4 rings (SSSR count). The average molecular weight is 374 g/mol. The lowest BCUT2D eigenvalue weighted by Gasteiger charge is -2.37. The summed E-state index contributed by atoms with van der Waals surface area (Å²) < 4.78 is 39.5. The molecule has 2 aliphatic heterocycles. The molecule has 1 aromatic heterocycles. The van der Waals surface area contributed by atoms with E-state index in [4.69, 9.17) is 9.47 Å². The third kappa shape index (κ3) is 3.05. The summed E-state index contributed by atoms with van der Waals surface area (Å²) in [5.74, 6) is 0.983. The van der Waals surface area contributed by atoms with E-state index in [1.807, 2.05) is 18.2 Å². The lowest BCUT2D eigenvalue weighted by Crippen LogP contribution is -2.49. The number of hydrogen-bond donors (Lipinski definition) is 0. The highest BCUT2D eigenvalue weighted by Crippen LogP contribution is 2.42. The van der Waals surface area contributed by atoms with Crippen LogP contribution in [0.3, 0.4) is 0 Å². The monoisotopic (exact) mass is 374 g/mol. The topological polar surface area (TPSA) is 68.7 Å². The summed E-state index contributed by atoms with van der Waals surface area (Å²) in [5, 5.41) is 0. The predicted molar refractivity (Wildman–Crippen MR) is 96.7 cm³/mol. The summed E-state index contributed by atoms with van der Waals surface area (Å²) in [4.78, 5) is 4.45. The van der Waals surface area contributed by atoms with Crippen molar-refractivity contribution in [3.63, 3.8) is 0 Å². The molecule has 2 aromatic rings. The van der Waals surface area contributed by atoms with Gasteiger partial charge in [-0.05, 0) is 31.0 Å². The minimum absolute atomic E-state index is 0.00785. The molecule has 2 aliphatic rings. The molecule has 0 spiro atoms. The van der Waals surface area contributed by atoms with Gasteiger partial charge in [0.05, 0.1) is 7.11 Å². The van der Waals surface area contributed by atoms with Crippen molar-refractivity contribution < 1.29 is 17.9 Å². The highest BCUT2D eigenvalue weighted by Gasteiger charge is 2.48. The van der Waals surface area contributed by atoms with Crippen LogP contribution >= 0.6 is 0 Å². The predicted octanol–water partition coefficient (Wildman–Crippen LogP) is 2.85. The van der Waals surface area contributed by atoms with Crippen LogP contribution in [0.25, 0.3) is 0 Å². The Balaban J connectivity index is 1.56. The summed E-state index contributed by atoms with van der Waals surface area (Å²) in [5.41, 5.74) is 0. The van der Waals surface area contributed by atoms with Gasteiger partial charge >= 0.3 is 0 Å². The maximum absolute atomic E-state index is 13.3. The molecule has 7 heteroatoms. The van der Waals surface area contributed by atoms with Crippen LogP contribution < -0.4 is 9.47 Å². The van der Waals surface area contributed by atoms with Gasteiger partial charge in [-0.1, -0.05) is 18.2 Å². The van der Waals surface area contributed by atoms with E-state index in [9.17, 15) is 8.42 Å². The molecule has 0 saturated carbocycles.